The van der Waals surface area contributed by atoms with Gasteiger partial charge in [0.2, 0.25) is 0 Å². The van der Waals surface area contributed by atoms with Gasteiger partial charge in [0, 0.05) is 0 Å². The largest absolute Gasteiger partial charge is 0.506 e. The average Bonchev–Trinajstić information content (AvgIpc) is 2.02. The third-order valence-electron chi connectivity index (χ3n) is 1.40. The third kappa shape index (κ3) is 1.35. The summed E-state index contributed by atoms with van der Waals surface area (Å²) in [5.74, 6) is -3.10. The van der Waals surface area contributed by atoms with Crippen molar-refractivity contribution in [2.75, 3.05) is 0 Å². The van der Waals surface area contributed by atoms with Crippen LogP contribution in [0.3, 0.4) is 0 Å². The van der Waals surface area contributed by atoms with Gasteiger partial charge >= 0.3 is 0 Å². The van der Waals surface area contributed by atoms with E-state index in [1.54, 1.807) is 0 Å². The average molecular weight is 195 g/mol. The maximum atomic E-state index is 12.7. The normalized spacial score (nSPS) is 10.3. The first-order valence-electron chi connectivity index (χ1n) is 3.04. The molecule has 0 atom stereocenters. The molecule has 2 N–H and O–H groups in total. The minimum absolute atomic E-state index is 0.321. The number of aromatic hydroxyl groups is 1. The predicted octanol–water partition coefficient (Wildman–Crippen LogP) is 1.82. The van der Waals surface area contributed by atoms with Gasteiger partial charge < -0.3 is 10.2 Å². The number of benzene rings is 1. The SMILES string of the molecule is OCc1c(O)c(Cl)cc(F)c1F. The maximum Gasteiger partial charge on any atom is 0.168 e. The first-order valence-corrected chi connectivity index (χ1v) is 3.42. The van der Waals surface area contributed by atoms with Crippen molar-refractivity contribution < 1.29 is 19.0 Å². The summed E-state index contributed by atoms with van der Waals surface area (Å²) in [6.45, 7) is -0.796. The summed E-state index contributed by atoms with van der Waals surface area (Å²) in [4.78, 5) is 0. The van der Waals surface area contributed by atoms with Crippen molar-refractivity contribution >= 4 is 11.6 Å². The van der Waals surface area contributed by atoms with Crippen LogP contribution in [0.25, 0.3) is 0 Å². The molecule has 0 saturated carbocycles. The van der Waals surface area contributed by atoms with E-state index in [4.69, 9.17) is 21.8 Å². The molecule has 0 aromatic heterocycles. The first kappa shape index (κ1) is 9.22. The molecule has 0 radical (unpaired) electrons. The number of hydrogen-bond donors (Lipinski definition) is 2. The summed E-state index contributed by atoms with van der Waals surface area (Å²) in [6.07, 6.45) is 0. The molecule has 5 heteroatoms. The van der Waals surface area contributed by atoms with Gasteiger partial charge in [-0.05, 0) is 6.07 Å². The van der Waals surface area contributed by atoms with E-state index < -0.39 is 29.6 Å². The van der Waals surface area contributed by atoms with E-state index in [0.29, 0.717) is 6.07 Å². The Kier molecular flexibility index (Phi) is 2.49. The summed E-state index contributed by atoms with van der Waals surface area (Å²) < 4.78 is 25.2. The Morgan fingerprint density at radius 1 is 1.42 bits per heavy atom. The Balaban J connectivity index is 3.42. The summed E-state index contributed by atoms with van der Waals surface area (Å²) in [5.41, 5.74) is -0.528. The molecule has 0 amide bonds. The van der Waals surface area contributed by atoms with Crippen molar-refractivity contribution in [1.29, 1.82) is 0 Å². The molecule has 0 saturated heterocycles. The van der Waals surface area contributed by atoms with Crippen LogP contribution in [0.1, 0.15) is 5.56 Å². The van der Waals surface area contributed by atoms with Gasteiger partial charge in [-0.3, -0.25) is 0 Å². The van der Waals surface area contributed by atoms with Crippen molar-refractivity contribution in [3.05, 3.63) is 28.3 Å². The van der Waals surface area contributed by atoms with Crippen LogP contribution in [0.4, 0.5) is 8.78 Å². The fourth-order valence-corrected chi connectivity index (χ4v) is 0.989. The zero-order valence-electron chi connectivity index (χ0n) is 5.81. The Bertz CT molecular complexity index is 289. The number of aliphatic hydroxyl groups excluding tert-OH is 1. The molecule has 0 bridgehead atoms. The second kappa shape index (κ2) is 3.25. The molecule has 66 valence electrons. The summed E-state index contributed by atoms with van der Waals surface area (Å²) in [6, 6.07) is 0.644. The van der Waals surface area contributed by atoms with E-state index in [-0.39, 0.29) is 5.02 Å². The monoisotopic (exact) mass is 194 g/mol. The van der Waals surface area contributed by atoms with Crippen molar-refractivity contribution in [2.24, 2.45) is 0 Å². The van der Waals surface area contributed by atoms with E-state index in [9.17, 15) is 8.78 Å². The molecule has 0 heterocycles. The predicted molar refractivity (Wildman–Crippen MR) is 39.0 cm³/mol. The van der Waals surface area contributed by atoms with Crippen molar-refractivity contribution in [3.8, 4) is 5.75 Å². The molecule has 0 fully saturated rings. The third-order valence-corrected chi connectivity index (χ3v) is 1.69. The van der Waals surface area contributed by atoms with Gasteiger partial charge in [0.05, 0.1) is 17.2 Å². The molecule has 0 aliphatic heterocycles. The fourth-order valence-electron chi connectivity index (χ4n) is 0.780. The quantitative estimate of drug-likeness (QED) is 0.670. The minimum Gasteiger partial charge on any atom is -0.506 e. The molecule has 0 unspecified atom stereocenters. The lowest BCUT2D eigenvalue weighted by atomic mass is 10.2. The lowest BCUT2D eigenvalue weighted by Gasteiger charge is -2.04. The summed E-state index contributed by atoms with van der Waals surface area (Å²) >= 11 is 5.30. The number of halogens is 3. The lowest BCUT2D eigenvalue weighted by Crippen LogP contribution is -1.95. The van der Waals surface area contributed by atoms with E-state index in [0.717, 1.165) is 0 Å². The molecule has 1 aromatic carbocycles. The second-order valence-corrected chi connectivity index (χ2v) is 2.55. The Labute approximate surface area is 72.0 Å². The maximum absolute atomic E-state index is 12.7. The number of rotatable bonds is 1. The van der Waals surface area contributed by atoms with Crippen LogP contribution in [0.5, 0.6) is 5.75 Å². The van der Waals surface area contributed by atoms with Gasteiger partial charge in [0.25, 0.3) is 0 Å². The molecular weight excluding hydrogens is 190 g/mol. The van der Waals surface area contributed by atoms with E-state index in [2.05, 4.69) is 0 Å². The smallest absolute Gasteiger partial charge is 0.168 e. The molecule has 0 spiro atoms. The van der Waals surface area contributed by atoms with Gasteiger partial charge in [-0.1, -0.05) is 11.6 Å². The standard InChI is InChI=1S/C7H5ClF2O2/c8-4-1-5(9)6(10)3(2-11)7(4)12/h1,11-12H,2H2. The zero-order chi connectivity index (χ0) is 9.30. The van der Waals surface area contributed by atoms with Crippen molar-refractivity contribution in [2.45, 2.75) is 6.61 Å². The molecule has 0 aliphatic rings. The van der Waals surface area contributed by atoms with Crippen LogP contribution in [-0.4, -0.2) is 10.2 Å². The number of aliphatic hydroxyl groups is 1. The summed E-state index contributed by atoms with van der Waals surface area (Å²) in [7, 11) is 0. The van der Waals surface area contributed by atoms with Crippen molar-refractivity contribution in [1.82, 2.24) is 0 Å². The van der Waals surface area contributed by atoms with Gasteiger partial charge in [-0.25, -0.2) is 8.78 Å². The molecule has 1 aromatic rings. The van der Waals surface area contributed by atoms with Crippen LogP contribution < -0.4 is 0 Å². The summed E-state index contributed by atoms with van der Waals surface area (Å²) in [5, 5.41) is 17.2. The second-order valence-electron chi connectivity index (χ2n) is 2.14. The van der Waals surface area contributed by atoms with E-state index in [1.807, 2.05) is 0 Å². The fraction of sp³-hybridized carbons (Fsp3) is 0.143. The van der Waals surface area contributed by atoms with Gasteiger partial charge in [0.15, 0.2) is 11.6 Å². The van der Waals surface area contributed by atoms with Gasteiger partial charge in [-0.2, -0.15) is 0 Å². The van der Waals surface area contributed by atoms with Crippen molar-refractivity contribution in [3.63, 3.8) is 0 Å². The zero-order valence-corrected chi connectivity index (χ0v) is 6.57. The Hall–Kier alpha value is -0.870. The molecule has 1 rings (SSSR count). The topological polar surface area (TPSA) is 40.5 Å². The highest BCUT2D eigenvalue weighted by Gasteiger charge is 2.15. The van der Waals surface area contributed by atoms with E-state index >= 15 is 0 Å². The van der Waals surface area contributed by atoms with Crippen LogP contribution in [0.15, 0.2) is 6.07 Å². The van der Waals surface area contributed by atoms with Crippen LogP contribution >= 0.6 is 11.6 Å². The molecule has 12 heavy (non-hydrogen) atoms. The first-order chi connectivity index (χ1) is 5.57. The number of hydrogen-bond acceptors (Lipinski definition) is 2. The van der Waals surface area contributed by atoms with Crippen LogP contribution in [0.2, 0.25) is 5.02 Å². The highest BCUT2D eigenvalue weighted by atomic mass is 35.5. The lowest BCUT2D eigenvalue weighted by molar-refractivity contribution is 0.266. The van der Waals surface area contributed by atoms with Crippen LogP contribution in [-0.2, 0) is 6.61 Å². The van der Waals surface area contributed by atoms with Crippen LogP contribution in [0, 0.1) is 11.6 Å². The number of phenols is 1. The highest BCUT2D eigenvalue weighted by Crippen LogP contribution is 2.30. The van der Waals surface area contributed by atoms with Gasteiger partial charge in [0.1, 0.15) is 5.75 Å². The highest BCUT2D eigenvalue weighted by molar-refractivity contribution is 6.32. The van der Waals surface area contributed by atoms with E-state index in [1.165, 1.54) is 0 Å². The van der Waals surface area contributed by atoms with Gasteiger partial charge in [-0.15, -0.1) is 0 Å². The molecule has 2 nitrogen and oxygen atoms in total. The molecule has 0 aliphatic carbocycles. The minimum atomic E-state index is -1.28. The molecular formula is C7H5ClF2O2. The Morgan fingerprint density at radius 2 is 2.00 bits per heavy atom. The Morgan fingerprint density at radius 3 is 2.50 bits per heavy atom.